The van der Waals surface area contributed by atoms with E-state index in [1.165, 1.54) is 11.1 Å². The van der Waals surface area contributed by atoms with Crippen molar-refractivity contribution in [2.24, 2.45) is 0 Å². The summed E-state index contributed by atoms with van der Waals surface area (Å²) in [6.07, 6.45) is 3.03. The van der Waals surface area contributed by atoms with Crippen LogP contribution in [0.4, 0.5) is 5.69 Å². The van der Waals surface area contributed by atoms with Gasteiger partial charge in [-0.15, -0.1) is 0 Å². The topological polar surface area (TPSA) is 64.3 Å². The van der Waals surface area contributed by atoms with E-state index < -0.39 is 0 Å². The lowest BCUT2D eigenvalue weighted by atomic mass is 9.87. The van der Waals surface area contributed by atoms with Crippen molar-refractivity contribution in [3.8, 4) is 5.75 Å². The minimum absolute atomic E-state index is 0.0320. The summed E-state index contributed by atoms with van der Waals surface area (Å²) >= 11 is 0. The Morgan fingerprint density at radius 1 is 1.30 bits per heavy atom. The van der Waals surface area contributed by atoms with Crippen molar-refractivity contribution in [2.45, 2.75) is 32.2 Å². The third kappa shape index (κ3) is 3.83. The number of hydrogen-bond donors (Lipinski definition) is 2. The zero-order chi connectivity index (χ0) is 16.2. The van der Waals surface area contributed by atoms with Crippen LogP contribution in [0.25, 0.3) is 0 Å². The summed E-state index contributed by atoms with van der Waals surface area (Å²) in [7, 11) is 0. The molecule has 0 heterocycles. The van der Waals surface area contributed by atoms with Gasteiger partial charge in [0.15, 0.2) is 6.61 Å². The van der Waals surface area contributed by atoms with Crippen molar-refractivity contribution >= 4 is 11.6 Å². The molecule has 1 aliphatic rings. The van der Waals surface area contributed by atoms with E-state index in [2.05, 4.69) is 5.32 Å². The van der Waals surface area contributed by atoms with Gasteiger partial charge in [-0.3, -0.25) is 4.79 Å². The summed E-state index contributed by atoms with van der Waals surface area (Å²) in [5, 5.41) is 3.07. The average Bonchev–Trinajstić information content (AvgIpc) is 2.53. The highest BCUT2D eigenvalue weighted by atomic mass is 16.5. The van der Waals surface area contributed by atoms with E-state index in [0.29, 0.717) is 0 Å². The zero-order valence-corrected chi connectivity index (χ0v) is 13.3. The fraction of sp³-hybridized carbons (Fsp3) is 0.316. The standard InChI is InChI=1S/C19H22N2O2/c1-13-4-2-6-16(10-13)23-12-19(22)21-18-7-3-5-14-11-15(20)8-9-17(14)18/h2,4,6,8-11,18H,3,5,7,12,20H2,1H3,(H,21,22). The molecule has 3 rings (SSSR count). The highest BCUT2D eigenvalue weighted by Gasteiger charge is 2.21. The minimum Gasteiger partial charge on any atom is -0.484 e. The van der Waals surface area contributed by atoms with Crippen LogP contribution < -0.4 is 15.8 Å². The molecule has 0 bridgehead atoms. The number of hydrogen-bond acceptors (Lipinski definition) is 3. The van der Waals surface area contributed by atoms with Crippen LogP contribution in [0.15, 0.2) is 42.5 Å². The second kappa shape index (κ2) is 6.73. The Kier molecular flexibility index (Phi) is 4.51. The molecule has 120 valence electrons. The van der Waals surface area contributed by atoms with Gasteiger partial charge >= 0.3 is 0 Å². The van der Waals surface area contributed by atoms with Gasteiger partial charge in [-0.05, 0) is 67.1 Å². The Morgan fingerprint density at radius 3 is 3.00 bits per heavy atom. The van der Waals surface area contributed by atoms with Crippen molar-refractivity contribution < 1.29 is 9.53 Å². The van der Waals surface area contributed by atoms with E-state index in [4.69, 9.17) is 10.5 Å². The predicted octanol–water partition coefficient (Wildman–Crippen LogP) is 3.15. The number of carbonyl (C=O) groups is 1. The van der Waals surface area contributed by atoms with E-state index >= 15 is 0 Å². The molecule has 0 saturated carbocycles. The van der Waals surface area contributed by atoms with Crippen LogP contribution in [0.1, 0.15) is 35.6 Å². The lowest BCUT2D eigenvalue weighted by Gasteiger charge is -2.26. The number of anilines is 1. The summed E-state index contributed by atoms with van der Waals surface area (Å²) in [5.74, 6) is 0.623. The zero-order valence-electron chi connectivity index (χ0n) is 13.3. The van der Waals surface area contributed by atoms with E-state index in [9.17, 15) is 4.79 Å². The third-order valence-corrected chi connectivity index (χ3v) is 4.18. The maximum atomic E-state index is 12.2. The molecule has 1 amide bonds. The van der Waals surface area contributed by atoms with Crippen molar-refractivity contribution in [3.63, 3.8) is 0 Å². The molecule has 23 heavy (non-hydrogen) atoms. The second-order valence-electron chi connectivity index (χ2n) is 6.08. The Bertz CT molecular complexity index is 712. The lowest BCUT2D eigenvalue weighted by molar-refractivity contribution is -0.123. The van der Waals surface area contributed by atoms with Gasteiger partial charge in [0, 0.05) is 5.69 Å². The van der Waals surface area contributed by atoms with Crippen LogP contribution >= 0.6 is 0 Å². The summed E-state index contributed by atoms with van der Waals surface area (Å²) in [6, 6.07) is 13.7. The molecule has 0 aromatic heterocycles. The number of ether oxygens (including phenoxy) is 1. The number of nitrogen functional groups attached to an aromatic ring is 1. The van der Waals surface area contributed by atoms with E-state index in [1.807, 2.05) is 49.4 Å². The normalized spacial score (nSPS) is 16.5. The number of carbonyl (C=O) groups excluding carboxylic acids is 1. The van der Waals surface area contributed by atoms with Gasteiger partial charge in [0.25, 0.3) is 5.91 Å². The SMILES string of the molecule is Cc1cccc(OCC(=O)NC2CCCc3cc(N)ccc32)c1. The van der Waals surface area contributed by atoms with Crippen LogP contribution in [-0.4, -0.2) is 12.5 Å². The molecule has 4 nitrogen and oxygen atoms in total. The first kappa shape index (κ1) is 15.4. The van der Waals surface area contributed by atoms with Crippen LogP contribution in [0, 0.1) is 6.92 Å². The average molecular weight is 310 g/mol. The molecule has 1 aliphatic carbocycles. The van der Waals surface area contributed by atoms with Gasteiger partial charge in [0.1, 0.15) is 5.75 Å². The molecular weight excluding hydrogens is 288 g/mol. The number of amides is 1. The van der Waals surface area contributed by atoms with Crippen molar-refractivity contribution in [2.75, 3.05) is 12.3 Å². The predicted molar refractivity (Wildman–Crippen MR) is 91.4 cm³/mol. The first-order valence-electron chi connectivity index (χ1n) is 7.99. The quantitative estimate of drug-likeness (QED) is 0.853. The molecule has 3 N–H and O–H groups in total. The summed E-state index contributed by atoms with van der Waals surface area (Å²) < 4.78 is 5.57. The highest BCUT2D eigenvalue weighted by molar-refractivity contribution is 5.78. The Labute approximate surface area is 136 Å². The molecule has 0 aliphatic heterocycles. The third-order valence-electron chi connectivity index (χ3n) is 4.18. The smallest absolute Gasteiger partial charge is 0.258 e. The van der Waals surface area contributed by atoms with Crippen LogP contribution in [0.5, 0.6) is 5.75 Å². The molecule has 1 atom stereocenters. The van der Waals surface area contributed by atoms with Crippen molar-refractivity contribution in [1.82, 2.24) is 5.32 Å². The van der Waals surface area contributed by atoms with E-state index in [1.54, 1.807) is 0 Å². The lowest BCUT2D eigenvalue weighted by Crippen LogP contribution is -2.34. The number of benzene rings is 2. The molecule has 0 fully saturated rings. The highest BCUT2D eigenvalue weighted by Crippen LogP contribution is 2.30. The molecule has 2 aromatic carbocycles. The number of fused-ring (bicyclic) bond motifs is 1. The van der Waals surface area contributed by atoms with Gasteiger partial charge in [0.2, 0.25) is 0 Å². The molecule has 0 saturated heterocycles. The van der Waals surface area contributed by atoms with E-state index in [-0.39, 0.29) is 18.6 Å². The first-order valence-corrected chi connectivity index (χ1v) is 7.99. The first-order chi connectivity index (χ1) is 11.1. The molecule has 1 unspecified atom stereocenters. The molecule has 0 radical (unpaired) electrons. The number of nitrogens with one attached hydrogen (secondary N) is 1. The molecular formula is C19H22N2O2. The number of aryl methyl sites for hydroxylation is 2. The van der Waals surface area contributed by atoms with Gasteiger partial charge in [-0.1, -0.05) is 18.2 Å². The van der Waals surface area contributed by atoms with Gasteiger partial charge in [0.05, 0.1) is 6.04 Å². The maximum absolute atomic E-state index is 12.2. The largest absolute Gasteiger partial charge is 0.484 e. The van der Waals surface area contributed by atoms with E-state index in [0.717, 1.165) is 36.3 Å². The maximum Gasteiger partial charge on any atom is 0.258 e. The Balaban J connectivity index is 1.61. The van der Waals surface area contributed by atoms with Gasteiger partial charge in [-0.2, -0.15) is 0 Å². The summed E-state index contributed by atoms with van der Waals surface area (Å²) in [5.41, 5.74) is 10.1. The van der Waals surface area contributed by atoms with Gasteiger partial charge in [-0.25, -0.2) is 0 Å². The minimum atomic E-state index is -0.0961. The number of rotatable bonds is 4. The molecule has 0 spiro atoms. The van der Waals surface area contributed by atoms with Gasteiger partial charge < -0.3 is 15.8 Å². The Morgan fingerprint density at radius 2 is 2.17 bits per heavy atom. The summed E-state index contributed by atoms with van der Waals surface area (Å²) in [4.78, 5) is 12.2. The van der Waals surface area contributed by atoms with Crippen LogP contribution in [0.2, 0.25) is 0 Å². The molecule has 4 heteroatoms. The fourth-order valence-electron chi connectivity index (χ4n) is 3.07. The molecule has 2 aromatic rings. The number of nitrogens with two attached hydrogens (primary N) is 1. The Hall–Kier alpha value is -2.49. The second-order valence-corrected chi connectivity index (χ2v) is 6.08. The monoisotopic (exact) mass is 310 g/mol. The van der Waals surface area contributed by atoms with Crippen molar-refractivity contribution in [1.29, 1.82) is 0 Å². The summed E-state index contributed by atoms with van der Waals surface area (Å²) in [6.45, 7) is 2.03. The fourth-order valence-corrected chi connectivity index (χ4v) is 3.07. The van der Waals surface area contributed by atoms with Crippen molar-refractivity contribution in [3.05, 3.63) is 59.2 Å². The van der Waals surface area contributed by atoms with Crippen LogP contribution in [0.3, 0.4) is 0 Å². The van der Waals surface area contributed by atoms with Crippen LogP contribution in [-0.2, 0) is 11.2 Å².